The minimum absolute atomic E-state index is 0.000314. The van der Waals surface area contributed by atoms with Gasteiger partial charge in [0.2, 0.25) is 5.91 Å². The van der Waals surface area contributed by atoms with Gasteiger partial charge in [0.15, 0.2) is 6.10 Å². The molecule has 3 aliphatic rings. The molecular formula is C24H19N3O4. The van der Waals surface area contributed by atoms with Gasteiger partial charge in [-0.25, -0.2) is 0 Å². The lowest BCUT2D eigenvalue weighted by Gasteiger charge is -2.42. The first-order valence-electron chi connectivity index (χ1n) is 10.2. The zero-order valence-electron chi connectivity index (χ0n) is 16.4. The number of carbonyl (C=O) groups excluding carboxylic acids is 1. The molecule has 1 spiro atoms. The zero-order chi connectivity index (χ0) is 21.2. The number of hydrogen-bond acceptors (Lipinski definition) is 5. The Balaban J connectivity index is 1.67. The monoisotopic (exact) mass is 413 g/mol. The zero-order valence-corrected chi connectivity index (χ0v) is 16.4. The SMILES string of the molecule is O=C1Nc2ccccc2C12NCC1([N+](=O)[O-])C(c3ccccc3)Oc3ccccc3C21. The lowest BCUT2D eigenvalue weighted by Crippen LogP contribution is -2.57. The molecule has 4 atom stereocenters. The van der Waals surface area contributed by atoms with Crippen molar-refractivity contribution >= 4 is 11.6 Å². The average molecular weight is 413 g/mol. The molecule has 1 amide bonds. The van der Waals surface area contributed by atoms with Crippen molar-refractivity contribution < 1.29 is 14.5 Å². The van der Waals surface area contributed by atoms with Crippen LogP contribution in [-0.2, 0) is 10.3 Å². The summed E-state index contributed by atoms with van der Waals surface area (Å²) in [4.78, 5) is 26.1. The molecule has 2 N–H and O–H groups in total. The van der Waals surface area contributed by atoms with Crippen molar-refractivity contribution in [1.29, 1.82) is 0 Å². The standard InChI is InChI=1S/C24H19N3O4/c28-22-24(17-11-5-6-12-18(17)26-22)20-16-10-4-7-13-19(16)31-21(15-8-2-1-3-9-15)23(20,14-25-24)27(29)30/h1-13,20-21,25H,14H2,(H,26,28). The van der Waals surface area contributed by atoms with E-state index < -0.39 is 23.1 Å². The summed E-state index contributed by atoms with van der Waals surface area (Å²) in [5.41, 5.74) is -0.0229. The van der Waals surface area contributed by atoms with Crippen molar-refractivity contribution in [2.24, 2.45) is 0 Å². The third-order valence-corrected chi connectivity index (χ3v) is 6.91. The number of ether oxygens (including phenoxy) is 1. The van der Waals surface area contributed by atoms with Crippen LogP contribution < -0.4 is 15.4 Å². The third-order valence-electron chi connectivity index (χ3n) is 6.91. The van der Waals surface area contributed by atoms with Crippen LogP contribution in [0.25, 0.3) is 0 Å². The molecule has 6 rings (SSSR count). The molecule has 0 saturated carbocycles. The third kappa shape index (κ3) is 2.13. The van der Waals surface area contributed by atoms with E-state index in [1.165, 1.54) is 0 Å². The predicted molar refractivity (Wildman–Crippen MR) is 113 cm³/mol. The predicted octanol–water partition coefficient (Wildman–Crippen LogP) is 3.37. The Morgan fingerprint density at radius 2 is 1.68 bits per heavy atom. The first-order valence-corrected chi connectivity index (χ1v) is 10.2. The van der Waals surface area contributed by atoms with Crippen LogP contribution in [0.5, 0.6) is 5.75 Å². The number of nitrogens with zero attached hydrogens (tertiary/aromatic N) is 1. The summed E-state index contributed by atoms with van der Waals surface area (Å²) in [6.45, 7) is 0.000314. The van der Waals surface area contributed by atoms with Crippen LogP contribution in [0.4, 0.5) is 5.69 Å². The number of fused-ring (bicyclic) bond motifs is 6. The van der Waals surface area contributed by atoms with Crippen LogP contribution in [0, 0.1) is 10.1 Å². The molecule has 0 bridgehead atoms. The second kappa shape index (κ2) is 6.15. The number of para-hydroxylation sites is 2. The molecule has 3 aliphatic heterocycles. The molecule has 0 aliphatic carbocycles. The molecule has 7 heteroatoms. The number of hydrogen-bond donors (Lipinski definition) is 2. The van der Waals surface area contributed by atoms with E-state index >= 15 is 0 Å². The first kappa shape index (κ1) is 18.1. The minimum atomic E-state index is -1.56. The Labute approximate surface area is 178 Å². The summed E-state index contributed by atoms with van der Waals surface area (Å²) >= 11 is 0. The van der Waals surface area contributed by atoms with E-state index in [0.29, 0.717) is 22.6 Å². The Kier molecular flexibility index (Phi) is 3.59. The smallest absolute Gasteiger partial charge is 0.284 e. The molecule has 3 aromatic carbocycles. The van der Waals surface area contributed by atoms with E-state index in [9.17, 15) is 14.9 Å². The molecule has 154 valence electrons. The van der Waals surface area contributed by atoms with Crippen molar-refractivity contribution in [2.75, 3.05) is 11.9 Å². The number of anilines is 1. The highest BCUT2D eigenvalue weighted by molar-refractivity contribution is 6.07. The number of nitro groups is 1. The van der Waals surface area contributed by atoms with Gasteiger partial charge < -0.3 is 10.1 Å². The number of rotatable bonds is 2. The second-order valence-electron chi connectivity index (χ2n) is 8.29. The molecule has 31 heavy (non-hydrogen) atoms. The van der Waals surface area contributed by atoms with Gasteiger partial charge in [-0.3, -0.25) is 20.2 Å². The maximum Gasteiger partial charge on any atom is 0.284 e. The van der Waals surface area contributed by atoms with Crippen LogP contribution >= 0.6 is 0 Å². The molecule has 0 radical (unpaired) electrons. The number of nitrogens with one attached hydrogen (secondary N) is 2. The largest absolute Gasteiger partial charge is 0.478 e. The van der Waals surface area contributed by atoms with Gasteiger partial charge in [0, 0.05) is 21.7 Å². The van der Waals surface area contributed by atoms with Crippen molar-refractivity contribution in [2.45, 2.75) is 23.1 Å². The molecule has 7 nitrogen and oxygen atoms in total. The van der Waals surface area contributed by atoms with E-state index in [2.05, 4.69) is 10.6 Å². The van der Waals surface area contributed by atoms with E-state index in [-0.39, 0.29) is 17.4 Å². The Bertz CT molecular complexity index is 1230. The fourth-order valence-corrected chi connectivity index (χ4v) is 5.65. The van der Waals surface area contributed by atoms with Crippen molar-refractivity contribution in [1.82, 2.24) is 5.32 Å². The van der Waals surface area contributed by atoms with Crippen molar-refractivity contribution in [3.05, 3.63) is 106 Å². The molecule has 3 aromatic rings. The minimum Gasteiger partial charge on any atom is -0.478 e. The van der Waals surface area contributed by atoms with Gasteiger partial charge in [-0.1, -0.05) is 66.7 Å². The topological polar surface area (TPSA) is 93.5 Å². The van der Waals surface area contributed by atoms with E-state index in [4.69, 9.17) is 4.74 Å². The normalized spacial score (nSPS) is 30.1. The highest BCUT2D eigenvalue weighted by atomic mass is 16.6. The molecule has 4 unspecified atom stereocenters. The van der Waals surface area contributed by atoms with Gasteiger partial charge in [0.05, 0.1) is 12.5 Å². The lowest BCUT2D eigenvalue weighted by atomic mass is 9.65. The fourth-order valence-electron chi connectivity index (χ4n) is 5.65. The highest BCUT2D eigenvalue weighted by Gasteiger charge is 2.76. The van der Waals surface area contributed by atoms with Gasteiger partial charge in [-0.2, -0.15) is 0 Å². The summed E-state index contributed by atoms with van der Waals surface area (Å²) < 4.78 is 6.31. The fraction of sp³-hybridized carbons (Fsp3) is 0.208. The van der Waals surface area contributed by atoms with Crippen LogP contribution in [-0.4, -0.2) is 22.9 Å². The summed E-state index contributed by atoms with van der Waals surface area (Å²) in [5.74, 6) is -0.459. The summed E-state index contributed by atoms with van der Waals surface area (Å²) in [6.07, 6.45) is -0.851. The van der Waals surface area contributed by atoms with Gasteiger partial charge >= 0.3 is 0 Å². The number of carbonyl (C=O) groups is 1. The van der Waals surface area contributed by atoms with Gasteiger partial charge in [-0.05, 0) is 17.7 Å². The molecule has 3 heterocycles. The Morgan fingerprint density at radius 3 is 2.48 bits per heavy atom. The summed E-state index contributed by atoms with van der Waals surface area (Å²) in [6, 6.07) is 24.0. The second-order valence-corrected chi connectivity index (χ2v) is 8.29. The van der Waals surface area contributed by atoms with Crippen LogP contribution in [0.3, 0.4) is 0 Å². The summed E-state index contributed by atoms with van der Waals surface area (Å²) in [5, 5.41) is 19.1. The quantitative estimate of drug-likeness (QED) is 0.496. The highest BCUT2D eigenvalue weighted by Crippen LogP contribution is 2.62. The lowest BCUT2D eigenvalue weighted by molar-refractivity contribution is -0.583. The molecule has 1 saturated heterocycles. The molecular weight excluding hydrogens is 394 g/mol. The van der Waals surface area contributed by atoms with Crippen LogP contribution in [0.15, 0.2) is 78.9 Å². The van der Waals surface area contributed by atoms with Crippen molar-refractivity contribution in [3.8, 4) is 5.75 Å². The first-order chi connectivity index (χ1) is 15.1. The molecule has 0 aromatic heterocycles. The van der Waals surface area contributed by atoms with Gasteiger partial charge in [0.1, 0.15) is 11.3 Å². The number of amides is 1. The van der Waals surface area contributed by atoms with Gasteiger partial charge in [-0.15, -0.1) is 0 Å². The molecule has 1 fully saturated rings. The average Bonchev–Trinajstić information content (AvgIpc) is 3.31. The van der Waals surface area contributed by atoms with Crippen LogP contribution in [0.2, 0.25) is 0 Å². The summed E-state index contributed by atoms with van der Waals surface area (Å²) in [7, 11) is 0. The maximum absolute atomic E-state index is 13.5. The van der Waals surface area contributed by atoms with Gasteiger partial charge in [0.25, 0.3) is 5.54 Å². The van der Waals surface area contributed by atoms with E-state index in [1.807, 2.05) is 78.9 Å². The van der Waals surface area contributed by atoms with Crippen LogP contribution in [0.1, 0.15) is 28.7 Å². The Morgan fingerprint density at radius 1 is 0.968 bits per heavy atom. The van der Waals surface area contributed by atoms with Crippen molar-refractivity contribution in [3.63, 3.8) is 0 Å². The van der Waals surface area contributed by atoms with E-state index in [1.54, 1.807) is 0 Å². The number of benzene rings is 3. The Hall–Kier alpha value is -3.71. The van der Waals surface area contributed by atoms with E-state index in [0.717, 1.165) is 5.56 Å². The maximum atomic E-state index is 13.5.